The number of hydrogen-bond acceptors (Lipinski definition) is 4. The molecule has 1 amide bonds. The Hall–Kier alpha value is -1.44. The number of hydrogen-bond donors (Lipinski definition) is 1. The van der Waals surface area contributed by atoms with Gasteiger partial charge in [-0.1, -0.05) is 6.92 Å². The summed E-state index contributed by atoms with van der Waals surface area (Å²) in [6.45, 7) is 6.58. The summed E-state index contributed by atoms with van der Waals surface area (Å²) in [7, 11) is -3.51. The van der Waals surface area contributed by atoms with Gasteiger partial charge in [0.15, 0.2) is 0 Å². The molecule has 4 rings (SSSR count). The molecule has 28 heavy (non-hydrogen) atoms. The van der Waals surface area contributed by atoms with Gasteiger partial charge in [0.1, 0.15) is 0 Å². The highest BCUT2D eigenvalue weighted by atomic mass is 32.2. The average Bonchev–Trinajstić information content (AvgIpc) is 3.44. The average molecular weight is 406 g/mol. The normalized spacial score (nSPS) is 23.0. The molecule has 2 heterocycles. The van der Waals surface area contributed by atoms with Crippen molar-refractivity contribution in [1.29, 1.82) is 0 Å². The van der Waals surface area contributed by atoms with Gasteiger partial charge in [-0.2, -0.15) is 0 Å². The van der Waals surface area contributed by atoms with Crippen LogP contribution in [-0.4, -0.2) is 51.9 Å². The summed E-state index contributed by atoms with van der Waals surface area (Å²) in [6, 6.07) is 5.17. The Bertz CT molecular complexity index is 835. The Morgan fingerprint density at radius 3 is 2.79 bits per heavy atom. The highest BCUT2D eigenvalue weighted by Crippen LogP contribution is 2.37. The molecular weight excluding hydrogens is 374 g/mol. The lowest BCUT2D eigenvalue weighted by atomic mass is 10.0. The summed E-state index contributed by atoms with van der Waals surface area (Å²) in [6.07, 6.45) is 6.05. The lowest BCUT2D eigenvalue weighted by Gasteiger charge is -2.30. The van der Waals surface area contributed by atoms with Gasteiger partial charge >= 0.3 is 0 Å². The monoisotopic (exact) mass is 405 g/mol. The third-order valence-corrected chi connectivity index (χ3v) is 7.59. The minimum atomic E-state index is -3.51. The first-order valence-electron chi connectivity index (χ1n) is 10.6. The molecule has 154 valence electrons. The van der Waals surface area contributed by atoms with E-state index in [0.29, 0.717) is 18.0 Å². The van der Waals surface area contributed by atoms with E-state index < -0.39 is 10.0 Å². The molecule has 2 fully saturated rings. The van der Waals surface area contributed by atoms with Crippen molar-refractivity contribution >= 4 is 21.6 Å². The predicted molar refractivity (Wildman–Crippen MR) is 110 cm³/mol. The lowest BCUT2D eigenvalue weighted by Crippen LogP contribution is -2.36. The van der Waals surface area contributed by atoms with Crippen LogP contribution in [0.1, 0.15) is 44.6 Å². The van der Waals surface area contributed by atoms with E-state index in [1.807, 2.05) is 4.90 Å². The van der Waals surface area contributed by atoms with Crippen LogP contribution in [0.3, 0.4) is 0 Å². The van der Waals surface area contributed by atoms with Gasteiger partial charge in [-0.15, -0.1) is 0 Å². The van der Waals surface area contributed by atoms with Crippen molar-refractivity contribution in [1.82, 2.24) is 9.62 Å². The molecule has 0 unspecified atom stereocenters. The fourth-order valence-electron chi connectivity index (χ4n) is 4.41. The summed E-state index contributed by atoms with van der Waals surface area (Å²) in [5.74, 6) is 1.11. The number of sulfonamides is 1. The van der Waals surface area contributed by atoms with Crippen LogP contribution in [0.2, 0.25) is 0 Å². The zero-order valence-electron chi connectivity index (χ0n) is 16.7. The second-order valence-corrected chi connectivity index (χ2v) is 10.4. The molecule has 1 saturated heterocycles. The van der Waals surface area contributed by atoms with Crippen LogP contribution in [0, 0.1) is 11.8 Å². The molecule has 0 radical (unpaired) electrons. The van der Waals surface area contributed by atoms with Gasteiger partial charge in [-0.3, -0.25) is 4.79 Å². The Morgan fingerprint density at radius 2 is 2.04 bits per heavy atom. The fraction of sp³-hybridized carbons (Fsp3) is 0.667. The molecule has 7 heteroatoms. The second kappa shape index (κ2) is 8.13. The third-order valence-electron chi connectivity index (χ3n) is 6.13. The summed E-state index contributed by atoms with van der Waals surface area (Å²) in [4.78, 5) is 16.9. The molecule has 1 aliphatic carbocycles. The first kappa shape index (κ1) is 19.9. The molecule has 3 aliphatic rings. The standard InChI is InChI=1S/C21H31N3O3S/c1-16-4-2-11-23(15-16)12-3-10-22-28(26,27)19-7-8-20-18(14-19)9-13-24(20)21(25)17-5-6-17/h7-8,14,16-17,22H,2-6,9-13,15H2,1H3/t16-/m1/s1. The van der Waals surface area contributed by atoms with E-state index in [1.165, 1.54) is 12.8 Å². The maximum atomic E-state index is 12.7. The topological polar surface area (TPSA) is 69.7 Å². The number of rotatable bonds is 7. The first-order chi connectivity index (χ1) is 13.4. The van der Waals surface area contributed by atoms with Gasteiger partial charge in [-0.05, 0) is 81.3 Å². The number of amides is 1. The minimum absolute atomic E-state index is 0.180. The number of nitrogens with one attached hydrogen (secondary N) is 1. The van der Waals surface area contributed by atoms with Gasteiger partial charge in [0.2, 0.25) is 15.9 Å². The number of fused-ring (bicyclic) bond motifs is 1. The Balaban J connectivity index is 1.32. The fourth-order valence-corrected chi connectivity index (χ4v) is 5.53. The van der Waals surface area contributed by atoms with E-state index >= 15 is 0 Å². The van der Waals surface area contributed by atoms with Crippen LogP contribution in [-0.2, 0) is 21.2 Å². The number of benzene rings is 1. The quantitative estimate of drug-likeness (QED) is 0.707. The number of carbonyl (C=O) groups excluding carboxylic acids is 1. The molecule has 0 bridgehead atoms. The second-order valence-electron chi connectivity index (χ2n) is 8.60. The zero-order valence-corrected chi connectivity index (χ0v) is 17.5. The highest BCUT2D eigenvalue weighted by Gasteiger charge is 2.36. The minimum Gasteiger partial charge on any atom is -0.312 e. The molecule has 1 aromatic carbocycles. The highest BCUT2D eigenvalue weighted by molar-refractivity contribution is 7.89. The van der Waals surface area contributed by atoms with Crippen LogP contribution in [0.25, 0.3) is 0 Å². The molecule has 1 saturated carbocycles. The Labute approximate surface area is 168 Å². The molecule has 1 N–H and O–H groups in total. The third kappa shape index (κ3) is 4.42. The van der Waals surface area contributed by atoms with Crippen LogP contribution < -0.4 is 9.62 Å². The van der Waals surface area contributed by atoms with E-state index in [1.54, 1.807) is 18.2 Å². The molecule has 2 aliphatic heterocycles. The van der Waals surface area contributed by atoms with Crippen molar-refractivity contribution in [3.05, 3.63) is 23.8 Å². The van der Waals surface area contributed by atoms with E-state index in [2.05, 4.69) is 16.5 Å². The summed E-state index contributed by atoms with van der Waals surface area (Å²) in [5, 5.41) is 0. The maximum absolute atomic E-state index is 12.7. The smallest absolute Gasteiger partial charge is 0.240 e. The summed E-state index contributed by atoms with van der Waals surface area (Å²) in [5.41, 5.74) is 1.84. The summed E-state index contributed by atoms with van der Waals surface area (Å²) >= 11 is 0. The van der Waals surface area contributed by atoms with Gasteiger partial charge in [0.25, 0.3) is 0 Å². The lowest BCUT2D eigenvalue weighted by molar-refractivity contribution is -0.119. The molecular formula is C21H31N3O3S. The van der Waals surface area contributed by atoms with Crippen molar-refractivity contribution < 1.29 is 13.2 Å². The van der Waals surface area contributed by atoms with Crippen molar-refractivity contribution in [2.24, 2.45) is 11.8 Å². The van der Waals surface area contributed by atoms with Crippen LogP contribution in [0.15, 0.2) is 23.1 Å². The van der Waals surface area contributed by atoms with Gasteiger partial charge in [-0.25, -0.2) is 13.1 Å². The van der Waals surface area contributed by atoms with E-state index in [-0.39, 0.29) is 11.8 Å². The van der Waals surface area contributed by atoms with Crippen molar-refractivity contribution in [3.63, 3.8) is 0 Å². The first-order valence-corrected chi connectivity index (χ1v) is 12.1. The van der Waals surface area contributed by atoms with Gasteiger partial charge < -0.3 is 9.80 Å². The van der Waals surface area contributed by atoms with Crippen molar-refractivity contribution in [2.45, 2.75) is 50.3 Å². The zero-order chi connectivity index (χ0) is 19.7. The molecule has 1 atom stereocenters. The number of anilines is 1. The Morgan fingerprint density at radius 1 is 1.21 bits per heavy atom. The van der Waals surface area contributed by atoms with E-state index in [0.717, 1.165) is 62.5 Å². The Kier molecular flexibility index (Phi) is 5.76. The van der Waals surface area contributed by atoms with E-state index in [9.17, 15) is 13.2 Å². The number of likely N-dealkylation sites (tertiary alicyclic amines) is 1. The molecule has 6 nitrogen and oxygen atoms in total. The van der Waals surface area contributed by atoms with Crippen LogP contribution in [0.4, 0.5) is 5.69 Å². The summed E-state index contributed by atoms with van der Waals surface area (Å²) < 4.78 is 28.1. The number of nitrogens with zero attached hydrogens (tertiary/aromatic N) is 2. The molecule has 0 spiro atoms. The van der Waals surface area contributed by atoms with Crippen LogP contribution >= 0.6 is 0 Å². The molecule has 0 aromatic heterocycles. The van der Waals surface area contributed by atoms with Crippen LogP contribution in [0.5, 0.6) is 0 Å². The largest absolute Gasteiger partial charge is 0.312 e. The van der Waals surface area contributed by atoms with Crippen molar-refractivity contribution in [2.75, 3.05) is 37.6 Å². The van der Waals surface area contributed by atoms with E-state index in [4.69, 9.17) is 0 Å². The number of piperidine rings is 1. The van der Waals surface area contributed by atoms with Gasteiger partial charge in [0.05, 0.1) is 4.90 Å². The number of carbonyl (C=O) groups is 1. The predicted octanol–water partition coefficient (Wildman–Crippen LogP) is 2.39. The van der Waals surface area contributed by atoms with Gasteiger partial charge in [0, 0.05) is 31.2 Å². The maximum Gasteiger partial charge on any atom is 0.240 e. The molecule has 1 aromatic rings. The SMILES string of the molecule is C[C@@H]1CCCN(CCCNS(=O)(=O)c2ccc3c(c2)CCN3C(=O)C2CC2)C1. The van der Waals surface area contributed by atoms with Crippen molar-refractivity contribution in [3.8, 4) is 0 Å².